The number of carbonyl (C=O) groups excluding carboxylic acids is 1. The Labute approximate surface area is 190 Å². The van der Waals surface area contributed by atoms with Crippen molar-refractivity contribution in [1.82, 2.24) is 24.5 Å². The second kappa shape index (κ2) is 9.43. The van der Waals surface area contributed by atoms with Crippen LogP contribution in [0.2, 0.25) is 0 Å². The van der Waals surface area contributed by atoms with Crippen LogP contribution in [-0.4, -0.2) is 51.8 Å². The van der Waals surface area contributed by atoms with E-state index >= 15 is 0 Å². The Morgan fingerprint density at radius 2 is 1.82 bits per heavy atom. The molecule has 2 aromatic carbocycles. The van der Waals surface area contributed by atoms with Crippen LogP contribution in [0, 0.1) is 6.92 Å². The van der Waals surface area contributed by atoms with Crippen molar-refractivity contribution in [3.63, 3.8) is 0 Å². The number of amides is 1. The number of benzene rings is 2. The number of hydrogen-bond donors (Lipinski definition) is 1. The van der Waals surface area contributed by atoms with Gasteiger partial charge < -0.3 is 24.1 Å². The second-order valence-electron chi connectivity index (χ2n) is 7.22. The molecule has 0 atom stereocenters. The molecule has 4 rings (SSSR count). The van der Waals surface area contributed by atoms with Gasteiger partial charge in [-0.3, -0.25) is 4.79 Å². The zero-order valence-corrected chi connectivity index (χ0v) is 18.8. The lowest BCUT2D eigenvalue weighted by Gasteiger charge is -2.11. The molecule has 2 heterocycles. The molecule has 0 aliphatic carbocycles. The third-order valence-electron chi connectivity index (χ3n) is 4.99. The largest absolute Gasteiger partial charge is 0.497 e. The molecule has 4 aromatic rings. The molecule has 0 unspecified atom stereocenters. The van der Waals surface area contributed by atoms with Gasteiger partial charge in [0, 0.05) is 17.8 Å². The molecule has 0 bridgehead atoms. The van der Waals surface area contributed by atoms with Gasteiger partial charge in [0.1, 0.15) is 29.5 Å². The number of aryl methyl sites for hydroxylation is 1. The maximum atomic E-state index is 12.5. The van der Waals surface area contributed by atoms with Crippen molar-refractivity contribution in [1.29, 1.82) is 0 Å². The van der Waals surface area contributed by atoms with Crippen molar-refractivity contribution in [3.8, 4) is 34.2 Å². The predicted molar refractivity (Wildman–Crippen MR) is 122 cm³/mol. The molecule has 0 saturated carbocycles. The molecular formula is C23H24N6O4. The molecular weight excluding hydrogens is 424 g/mol. The van der Waals surface area contributed by atoms with E-state index in [0.29, 0.717) is 28.6 Å². The SMILES string of the molecule is COc1ccc(NC(=O)Cn2cc(-c3ccc(-n4cnc(C)c4)c(OC)c3)nn2)c(OC)c1. The van der Waals surface area contributed by atoms with Gasteiger partial charge in [0.15, 0.2) is 0 Å². The minimum absolute atomic E-state index is 0.00822. The summed E-state index contributed by atoms with van der Waals surface area (Å²) in [5.74, 6) is 1.54. The summed E-state index contributed by atoms with van der Waals surface area (Å²) in [6.45, 7) is 1.92. The molecule has 0 saturated heterocycles. The number of carbonyl (C=O) groups is 1. The summed E-state index contributed by atoms with van der Waals surface area (Å²) in [4.78, 5) is 16.8. The highest BCUT2D eigenvalue weighted by Crippen LogP contribution is 2.30. The number of methoxy groups -OCH3 is 3. The molecule has 2 aromatic heterocycles. The lowest BCUT2D eigenvalue weighted by atomic mass is 10.1. The Kier molecular flexibility index (Phi) is 6.25. The predicted octanol–water partition coefficient (Wildman–Crippen LogP) is 3.10. The maximum Gasteiger partial charge on any atom is 0.246 e. The van der Waals surface area contributed by atoms with Crippen LogP contribution in [-0.2, 0) is 11.3 Å². The summed E-state index contributed by atoms with van der Waals surface area (Å²) in [5.41, 5.74) is 3.75. The fourth-order valence-corrected chi connectivity index (χ4v) is 3.35. The molecule has 10 heteroatoms. The molecule has 10 nitrogen and oxygen atoms in total. The number of anilines is 1. The fraction of sp³-hybridized carbons (Fsp3) is 0.217. The van der Waals surface area contributed by atoms with Gasteiger partial charge in [0.05, 0.1) is 50.9 Å². The van der Waals surface area contributed by atoms with Crippen LogP contribution in [0.1, 0.15) is 5.69 Å². The van der Waals surface area contributed by atoms with Crippen molar-refractivity contribution in [2.75, 3.05) is 26.6 Å². The standard InChI is InChI=1S/C23H24N6O4/c1-15-11-28(14-24-15)20-8-5-16(9-22(20)33-4)19-12-29(27-26-19)13-23(30)25-18-7-6-17(31-2)10-21(18)32-3/h5-12,14H,13H2,1-4H3,(H,25,30). The van der Waals surface area contributed by atoms with E-state index in [1.165, 1.54) is 11.8 Å². The molecule has 170 valence electrons. The van der Waals surface area contributed by atoms with Crippen molar-refractivity contribution in [3.05, 3.63) is 60.8 Å². The van der Waals surface area contributed by atoms with Crippen molar-refractivity contribution in [2.45, 2.75) is 13.5 Å². The minimum Gasteiger partial charge on any atom is -0.497 e. The van der Waals surface area contributed by atoms with Gasteiger partial charge >= 0.3 is 0 Å². The molecule has 0 fully saturated rings. The van der Waals surface area contributed by atoms with E-state index in [9.17, 15) is 4.79 Å². The quantitative estimate of drug-likeness (QED) is 0.442. The van der Waals surface area contributed by atoms with E-state index in [2.05, 4.69) is 20.6 Å². The van der Waals surface area contributed by atoms with Gasteiger partial charge in [-0.15, -0.1) is 5.10 Å². The Balaban J connectivity index is 1.48. The van der Waals surface area contributed by atoms with E-state index in [1.807, 2.05) is 35.9 Å². The normalized spacial score (nSPS) is 10.7. The summed E-state index contributed by atoms with van der Waals surface area (Å²) in [6.07, 6.45) is 5.37. The van der Waals surface area contributed by atoms with Crippen LogP contribution in [0.5, 0.6) is 17.2 Å². The van der Waals surface area contributed by atoms with Crippen molar-refractivity contribution in [2.24, 2.45) is 0 Å². The van der Waals surface area contributed by atoms with Gasteiger partial charge in [-0.25, -0.2) is 9.67 Å². The van der Waals surface area contributed by atoms with Gasteiger partial charge in [-0.2, -0.15) is 0 Å². The highest BCUT2D eigenvalue weighted by molar-refractivity contribution is 5.92. The van der Waals surface area contributed by atoms with Crippen LogP contribution in [0.25, 0.3) is 16.9 Å². The Morgan fingerprint density at radius 3 is 2.52 bits per heavy atom. The summed E-state index contributed by atoms with van der Waals surface area (Å²) in [5, 5.41) is 11.1. The fourth-order valence-electron chi connectivity index (χ4n) is 3.35. The minimum atomic E-state index is -0.265. The smallest absolute Gasteiger partial charge is 0.246 e. The van der Waals surface area contributed by atoms with Gasteiger partial charge in [-0.05, 0) is 31.2 Å². The number of imidazole rings is 1. The topological polar surface area (TPSA) is 105 Å². The van der Waals surface area contributed by atoms with Crippen molar-refractivity contribution >= 4 is 11.6 Å². The van der Waals surface area contributed by atoms with Crippen LogP contribution in [0.4, 0.5) is 5.69 Å². The molecule has 33 heavy (non-hydrogen) atoms. The number of aromatic nitrogens is 5. The first-order valence-electron chi connectivity index (χ1n) is 10.1. The van der Waals surface area contributed by atoms with Crippen LogP contribution < -0.4 is 19.5 Å². The van der Waals surface area contributed by atoms with Crippen molar-refractivity contribution < 1.29 is 19.0 Å². The summed E-state index contributed by atoms with van der Waals surface area (Å²) >= 11 is 0. The first-order valence-corrected chi connectivity index (χ1v) is 10.1. The zero-order chi connectivity index (χ0) is 23.4. The monoisotopic (exact) mass is 448 g/mol. The van der Waals surface area contributed by atoms with E-state index in [4.69, 9.17) is 14.2 Å². The maximum absolute atomic E-state index is 12.5. The average molecular weight is 448 g/mol. The highest BCUT2D eigenvalue weighted by atomic mass is 16.5. The zero-order valence-electron chi connectivity index (χ0n) is 18.8. The number of nitrogens with zero attached hydrogens (tertiary/aromatic N) is 5. The first kappa shape index (κ1) is 21.9. The van der Waals surface area contributed by atoms with Gasteiger partial charge in [0.2, 0.25) is 5.91 Å². The Bertz CT molecular complexity index is 1280. The number of rotatable bonds is 8. The third kappa shape index (κ3) is 4.79. The number of nitrogens with one attached hydrogen (secondary N) is 1. The van der Waals surface area contributed by atoms with E-state index in [-0.39, 0.29) is 12.5 Å². The first-order chi connectivity index (χ1) is 16.0. The summed E-state index contributed by atoms with van der Waals surface area (Å²) in [6, 6.07) is 10.9. The van der Waals surface area contributed by atoms with Gasteiger partial charge in [-0.1, -0.05) is 11.3 Å². The lowest BCUT2D eigenvalue weighted by Crippen LogP contribution is -2.19. The highest BCUT2D eigenvalue weighted by Gasteiger charge is 2.13. The Morgan fingerprint density at radius 1 is 1.00 bits per heavy atom. The van der Waals surface area contributed by atoms with Crippen LogP contribution >= 0.6 is 0 Å². The summed E-state index contributed by atoms with van der Waals surface area (Å²) < 4.78 is 19.4. The molecule has 0 aliphatic rings. The average Bonchev–Trinajstić information content (AvgIpc) is 3.47. The lowest BCUT2D eigenvalue weighted by molar-refractivity contribution is -0.116. The number of hydrogen-bond acceptors (Lipinski definition) is 7. The number of ether oxygens (including phenoxy) is 3. The van der Waals surface area contributed by atoms with E-state index < -0.39 is 0 Å². The third-order valence-corrected chi connectivity index (χ3v) is 4.99. The van der Waals surface area contributed by atoms with Gasteiger partial charge in [0.25, 0.3) is 0 Å². The Hall–Kier alpha value is -4.34. The van der Waals surface area contributed by atoms with E-state index in [0.717, 1.165) is 16.9 Å². The summed E-state index contributed by atoms with van der Waals surface area (Å²) in [7, 11) is 4.71. The molecule has 0 radical (unpaired) electrons. The molecule has 1 amide bonds. The molecule has 0 aliphatic heterocycles. The van der Waals surface area contributed by atoms with Crippen LogP contribution in [0.3, 0.4) is 0 Å². The van der Waals surface area contributed by atoms with Crippen LogP contribution in [0.15, 0.2) is 55.1 Å². The van der Waals surface area contributed by atoms with E-state index in [1.54, 1.807) is 44.9 Å². The second-order valence-corrected chi connectivity index (χ2v) is 7.22. The molecule has 0 spiro atoms. The molecule has 1 N–H and O–H groups in total.